The first kappa shape index (κ1) is 20.7. The van der Waals surface area contributed by atoms with Gasteiger partial charge in [-0.15, -0.1) is 0 Å². The van der Waals surface area contributed by atoms with Gasteiger partial charge in [-0.05, 0) is 18.6 Å². The van der Waals surface area contributed by atoms with E-state index in [9.17, 15) is 14.9 Å². The predicted octanol–water partition coefficient (Wildman–Crippen LogP) is 2.49. The Hall–Kier alpha value is -4.84. The summed E-state index contributed by atoms with van der Waals surface area (Å²) in [5.74, 6) is -0.492. The molecule has 1 unspecified atom stereocenters. The SMILES string of the molecule is Cc1nn(C)c2[nH]c(=O)c3c(c12)OC(N)=C(C#N)C31C(=O)N(Cc2ccccc2)c2ccccc21. The summed E-state index contributed by atoms with van der Waals surface area (Å²) in [7, 11) is 1.70. The van der Waals surface area contributed by atoms with E-state index in [2.05, 4.69) is 16.2 Å². The van der Waals surface area contributed by atoms with Crippen LogP contribution in [0.3, 0.4) is 0 Å². The molecule has 4 aromatic rings. The van der Waals surface area contributed by atoms with E-state index in [-0.39, 0.29) is 29.3 Å². The number of hydrogen-bond donors (Lipinski definition) is 2. The number of hydrogen-bond acceptors (Lipinski definition) is 6. The van der Waals surface area contributed by atoms with Crippen LogP contribution in [0.15, 0.2) is 70.8 Å². The van der Waals surface area contributed by atoms with E-state index in [4.69, 9.17) is 10.5 Å². The summed E-state index contributed by atoms with van der Waals surface area (Å²) < 4.78 is 7.45. The second-order valence-electron chi connectivity index (χ2n) is 8.69. The number of nitrogens with one attached hydrogen (secondary N) is 1. The summed E-state index contributed by atoms with van der Waals surface area (Å²) in [5, 5.41) is 15.2. The first-order chi connectivity index (χ1) is 16.9. The lowest BCUT2D eigenvalue weighted by molar-refractivity contribution is -0.121. The smallest absolute Gasteiger partial charge is 0.258 e. The lowest BCUT2D eigenvalue weighted by Crippen LogP contribution is -2.48. The molecule has 1 atom stereocenters. The number of pyridine rings is 1. The number of nitrogens with two attached hydrogens (primary N) is 1. The number of aromatic amines is 1. The van der Waals surface area contributed by atoms with Gasteiger partial charge < -0.3 is 20.4 Å². The molecule has 0 saturated carbocycles. The Kier molecular flexibility index (Phi) is 4.19. The van der Waals surface area contributed by atoms with E-state index < -0.39 is 16.9 Å². The number of rotatable bonds is 2. The van der Waals surface area contributed by atoms with Gasteiger partial charge in [0.2, 0.25) is 11.8 Å². The molecule has 1 amide bonds. The number of aromatic nitrogens is 3. The van der Waals surface area contributed by atoms with Crippen molar-refractivity contribution < 1.29 is 9.53 Å². The Morgan fingerprint density at radius 3 is 2.60 bits per heavy atom. The predicted molar refractivity (Wildman–Crippen MR) is 128 cm³/mol. The summed E-state index contributed by atoms with van der Waals surface area (Å²) >= 11 is 0. The fraction of sp³-hybridized carbons (Fsp3) is 0.154. The molecule has 6 rings (SSSR count). The normalized spacial score (nSPS) is 18.5. The van der Waals surface area contributed by atoms with E-state index in [0.717, 1.165) is 5.56 Å². The molecule has 35 heavy (non-hydrogen) atoms. The Balaban J connectivity index is 1.73. The van der Waals surface area contributed by atoms with E-state index in [0.29, 0.717) is 28.0 Å². The molecule has 2 aromatic carbocycles. The molecular weight excluding hydrogens is 444 g/mol. The topological polar surface area (TPSA) is 130 Å². The summed E-state index contributed by atoms with van der Waals surface area (Å²) in [6.45, 7) is 2.04. The number of carbonyl (C=O) groups excluding carboxylic acids is 1. The maximum Gasteiger partial charge on any atom is 0.258 e. The van der Waals surface area contributed by atoms with E-state index in [1.807, 2.05) is 42.5 Å². The molecule has 3 N–H and O–H groups in total. The Bertz CT molecular complexity index is 1690. The first-order valence-electron chi connectivity index (χ1n) is 11.0. The highest BCUT2D eigenvalue weighted by atomic mass is 16.5. The minimum absolute atomic E-state index is 0.0415. The molecule has 172 valence electrons. The molecule has 2 aliphatic heterocycles. The van der Waals surface area contributed by atoms with Crippen LogP contribution in [-0.4, -0.2) is 20.7 Å². The van der Waals surface area contributed by atoms with Crippen LogP contribution in [0.4, 0.5) is 5.69 Å². The first-order valence-corrected chi connectivity index (χ1v) is 11.0. The van der Waals surface area contributed by atoms with Gasteiger partial charge in [0.05, 0.1) is 23.2 Å². The number of anilines is 1. The maximum atomic E-state index is 14.5. The van der Waals surface area contributed by atoms with Crippen molar-refractivity contribution >= 4 is 22.6 Å². The van der Waals surface area contributed by atoms with Gasteiger partial charge in [-0.3, -0.25) is 14.3 Å². The molecule has 2 aromatic heterocycles. The lowest BCUT2D eigenvalue weighted by atomic mass is 9.69. The quantitative estimate of drug-likeness (QED) is 0.469. The molecule has 2 aliphatic rings. The van der Waals surface area contributed by atoms with Crippen LogP contribution >= 0.6 is 0 Å². The zero-order valence-corrected chi connectivity index (χ0v) is 19.0. The van der Waals surface area contributed by atoms with Crippen LogP contribution in [0.2, 0.25) is 0 Å². The van der Waals surface area contributed by atoms with E-state index >= 15 is 0 Å². The van der Waals surface area contributed by atoms with E-state index in [1.54, 1.807) is 31.0 Å². The summed E-state index contributed by atoms with van der Waals surface area (Å²) in [4.78, 5) is 32.6. The van der Waals surface area contributed by atoms with Crippen LogP contribution in [0, 0.1) is 18.3 Å². The number of H-pyrrole nitrogens is 1. The molecule has 9 nitrogen and oxygen atoms in total. The molecule has 0 bridgehead atoms. The average Bonchev–Trinajstić information content (AvgIpc) is 3.26. The third kappa shape index (κ3) is 2.53. The van der Waals surface area contributed by atoms with Crippen molar-refractivity contribution in [3.05, 3.63) is 98.8 Å². The highest BCUT2D eigenvalue weighted by Gasteiger charge is 2.60. The molecule has 1 spiro atoms. The van der Waals surface area contributed by atoms with Crippen LogP contribution in [0.1, 0.15) is 22.4 Å². The van der Waals surface area contributed by atoms with Gasteiger partial charge in [-0.2, -0.15) is 10.4 Å². The number of benzene rings is 2. The number of para-hydroxylation sites is 1. The maximum absolute atomic E-state index is 14.5. The zero-order chi connectivity index (χ0) is 24.5. The van der Waals surface area contributed by atoms with Crippen molar-refractivity contribution in [1.82, 2.24) is 14.8 Å². The average molecular weight is 464 g/mol. The molecule has 0 saturated heterocycles. The van der Waals surface area contributed by atoms with Crippen LogP contribution in [0.25, 0.3) is 11.0 Å². The number of fused-ring (bicyclic) bond motifs is 6. The minimum Gasteiger partial charge on any atom is -0.439 e. The molecule has 4 heterocycles. The molecule has 0 aliphatic carbocycles. The number of nitrogens with zero attached hydrogens (tertiary/aromatic N) is 4. The van der Waals surface area contributed by atoms with Crippen LogP contribution < -0.4 is 20.9 Å². The van der Waals surface area contributed by atoms with Crippen molar-refractivity contribution in [3.8, 4) is 11.8 Å². The van der Waals surface area contributed by atoms with Gasteiger partial charge in [0.15, 0.2) is 11.2 Å². The summed E-state index contributed by atoms with van der Waals surface area (Å²) in [6, 6.07) is 18.8. The zero-order valence-electron chi connectivity index (χ0n) is 19.0. The lowest BCUT2D eigenvalue weighted by Gasteiger charge is -2.33. The van der Waals surface area contributed by atoms with Gasteiger partial charge in [0, 0.05) is 18.3 Å². The summed E-state index contributed by atoms with van der Waals surface area (Å²) in [6.07, 6.45) is 0. The number of aryl methyl sites for hydroxylation is 2. The van der Waals surface area contributed by atoms with Crippen LogP contribution in [-0.2, 0) is 23.8 Å². The highest BCUT2D eigenvalue weighted by molar-refractivity contribution is 6.14. The van der Waals surface area contributed by atoms with Crippen molar-refractivity contribution in [2.24, 2.45) is 12.8 Å². The van der Waals surface area contributed by atoms with Crippen molar-refractivity contribution in [2.75, 3.05) is 4.90 Å². The van der Waals surface area contributed by atoms with Gasteiger partial charge in [0.25, 0.3) is 5.56 Å². The largest absolute Gasteiger partial charge is 0.439 e. The molecular formula is C26H20N6O3. The van der Waals surface area contributed by atoms with Crippen molar-refractivity contribution in [3.63, 3.8) is 0 Å². The number of carbonyl (C=O) groups is 1. The molecule has 0 radical (unpaired) electrons. The number of ether oxygens (including phenoxy) is 1. The number of amides is 1. The second kappa shape index (κ2) is 7.08. The fourth-order valence-corrected chi connectivity index (χ4v) is 5.38. The van der Waals surface area contributed by atoms with Crippen molar-refractivity contribution in [2.45, 2.75) is 18.9 Å². The van der Waals surface area contributed by atoms with Gasteiger partial charge in [-0.25, -0.2) is 0 Å². The Morgan fingerprint density at radius 2 is 1.86 bits per heavy atom. The van der Waals surface area contributed by atoms with E-state index in [1.165, 1.54) is 4.68 Å². The highest BCUT2D eigenvalue weighted by Crippen LogP contribution is 2.55. The standard InChI is InChI=1S/C26H20N6O3/c1-14-19-21-20(24(33)29-23(19)31(2)30-14)26(17(12-27)22(28)35-21)16-10-6-7-11-18(16)32(25(26)34)13-15-8-4-3-5-9-15/h3-11H,13,28H2,1-2H3,(H,29,33). The summed E-state index contributed by atoms with van der Waals surface area (Å²) in [5.41, 5.74) is 7.00. The van der Waals surface area contributed by atoms with Crippen LogP contribution in [0.5, 0.6) is 5.75 Å². The minimum atomic E-state index is -1.75. The number of nitriles is 1. The monoisotopic (exact) mass is 464 g/mol. The van der Waals surface area contributed by atoms with Gasteiger partial charge in [-0.1, -0.05) is 48.5 Å². The second-order valence-corrected chi connectivity index (χ2v) is 8.69. The Labute approximate surface area is 199 Å². The third-order valence-corrected chi connectivity index (χ3v) is 6.80. The molecule has 9 heteroatoms. The van der Waals surface area contributed by atoms with Gasteiger partial charge in [0.1, 0.15) is 17.3 Å². The third-order valence-electron chi connectivity index (χ3n) is 6.80. The molecule has 0 fully saturated rings. The van der Waals surface area contributed by atoms with Gasteiger partial charge >= 0.3 is 0 Å². The Morgan fingerprint density at radius 1 is 1.14 bits per heavy atom. The van der Waals surface area contributed by atoms with Crippen molar-refractivity contribution in [1.29, 1.82) is 5.26 Å². The fourth-order valence-electron chi connectivity index (χ4n) is 5.38.